The molecule has 0 atom stereocenters. The van der Waals surface area contributed by atoms with E-state index in [-0.39, 0.29) is 0 Å². The summed E-state index contributed by atoms with van der Waals surface area (Å²) >= 11 is 1.64. The van der Waals surface area contributed by atoms with Crippen LogP contribution < -0.4 is 0 Å². The van der Waals surface area contributed by atoms with E-state index in [1.165, 1.54) is 0 Å². The highest BCUT2D eigenvalue weighted by molar-refractivity contribution is 7.99. The van der Waals surface area contributed by atoms with Crippen molar-refractivity contribution in [3.63, 3.8) is 0 Å². The minimum atomic E-state index is 0.756. The summed E-state index contributed by atoms with van der Waals surface area (Å²) in [5, 5.41) is 8.85. The first-order valence-corrected chi connectivity index (χ1v) is 5.01. The highest BCUT2D eigenvalue weighted by Crippen LogP contribution is 2.22. The van der Waals surface area contributed by atoms with Gasteiger partial charge in [0, 0.05) is 10.6 Å². The number of thioether (sulfide) groups is 1. The lowest BCUT2D eigenvalue weighted by molar-refractivity contribution is 1.32. The number of rotatable bonds is 3. The van der Waals surface area contributed by atoms with Crippen LogP contribution in [-0.4, -0.2) is 5.75 Å². The molecule has 0 saturated heterocycles. The molecule has 0 aliphatic heterocycles. The fraction of sp³-hybridized carbons (Fsp3) is 0.182. The van der Waals surface area contributed by atoms with Crippen molar-refractivity contribution in [2.45, 2.75) is 11.8 Å². The van der Waals surface area contributed by atoms with Gasteiger partial charge in [-0.2, -0.15) is 5.26 Å². The normalized spacial score (nSPS) is 9.23. The molecule has 1 aromatic rings. The average molecular weight is 189 g/mol. The summed E-state index contributed by atoms with van der Waals surface area (Å²) in [5.41, 5.74) is 1.88. The first kappa shape index (κ1) is 9.88. The molecule has 0 unspecified atom stereocenters. The molecule has 1 aromatic carbocycles. The fourth-order valence-corrected chi connectivity index (χ4v) is 1.73. The van der Waals surface area contributed by atoms with E-state index in [4.69, 9.17) is 5.26 Å². The molecule has 0 aliphatic rings. The minimum absolute atomic E-state index is 0.756. The Hall–Kier alpha value is -1.20. The summed E-state index contributed by atoms with van der Waals surface area (Å²) in [6, 6.07) is 8.11. The Bertz CT molecular complexity index is 350. The molecule has 0 amide bonds. The Morgan fingerprint density at radius 3 is 3.00 bits per heavy atom. The van der Waals surface area contributed by atoms with E-state index in [0.717, 1.165) is 21.8 Å². The van der Waals surface area contributed by atoms with Crippen LogP contribution in [0.25, 0.3) is 0 Å². The zero-order chi connectivity index (χ0) is 9.68. The second-order valence-corrected chi connectivity index (χ2v) is 3.77. The smallest absolute Gasteiger partial charge is 0.100 e. The highest BCUT2D eigenvalue weighted by atomic mass is 32.2. The van der Waals surface area contributed by atoms with Gasteiger partial charge < -0.3 is 0 Å². The van der Waals surface area contributed by atoms with Gasteiger partial charge in [-0.1, -0.05) is 12.1 Å². The summed E-state index contributed by atoms with van der Waals surface area (Å²) < 4.78 is 0. The Morgan fingerprint density at radius 2 is 2.38 bits per heavy atom. The molecular formula is C11H11NS. The standard InChI is InChI=1S/C11H11NS/c1-3-6-13-11-5-4-9(2)7-10(11)8-12/h3-5,7H,1,6H2,2H3. The van der Waals surface area contributed by atoms with Crippen LogP contribution >= 0.6 is 11.8 Å². The van der Waals surface area contributed by atoms with Gasteiger partial charge in [0.1, 0.15) is 6.07 Å². The maximum absolute atomic E-state index is 8.85. The fourth-order valence-electron chi connectivity index (χ4n) is 1.01. The molecule has 13 heavy (non-hydrogen) atoms. The molecule has 0 bridgehead atoms. The van der Waals surface area contributed by atoms with Crippen LogP contribution in [0.3, 0.4) is 0 Å². The molecule has 1 rings (SSSR count). The number of benzene rings is 1. The summed E-state index contributed by atoms with van der Waals surface area (Å²) in [6.07, 6.45) is 1.84. The van der Waals surface area contributed by atoms with Crippen LogP contribution in [-0.2, 0) is 0 Å². The summed E-state index contributed by atoms with van der Waals surface area (Å²) in [4.78, 5) is 1.04. The average Bonchev–Trinajstić information content (AvgIpc) is 2.16. The zero-order valence-electron chi connectivity index (χ0n) is 7.58. The van der Waals surface area contributed by atoms with Gasteiger partial charge in [0.2, 0.25) is 0 Å². The van der Waals surface area contributed by atoms with Crippen molar-refractivity contribution in [3.8, 4) is 6.07 Å². The number of hydrogen-bond acceptors (Lipinski definition) is 2. The van der Waals surface area contributed by atoms with Gasteiger partial charge in [0.05, 0.1) is 5.56 Å². The second-order valence-electron chi connectivity index (χ2n) is 2.71. The van der Waals surface area contributed by atoms with Crippen LogP contribution in [0, 0.1) is 18.3 Å². The number of aryl methyl sites for hydroxylation is 1. The monoisotopic (exact) mass is 189 g/mol. The molecule has 0 aromatic heterocycles. The SMILES string of the molecule is C=CCSc1ccc(C)cc1C#N. The maximum Gasteiger partial charge on any atom is 0.100 e. The van der Waals surface area contributed by atoms with E-state index in [1.54, 1.807) is 11.8 Å². The lowest BCUT2D eigenvalue weighted by Crippen LogP contribution is -1.83. The third-order valence-corrected chi connectivity index (χ3v) is 2.68. The molecule has 0 saturated carbocycles. The Morgan fingerprint density at radius 1 is 1.62 bits per heavy atom. The zero-order valence-corrected chi connectivity index (χ0v) is 8.40. The lowest BCUT2D eigenvalue weighted by atomic mass is 10.2. The number of hydrogen-bond donors (Lipinski definition) is 0. The molecule has 0 fully saturated rings. The van der Waals surface area contributed by atoms with Crippen LogP contribution in [0.2, 0.25) is 0 Å². The first-order chi connectivity index (χ1) is 6.27. The predicted octanol–water partition coefficient (Wildman–Crippen LogP) is 3.14. The molecule has 0 radical (unpaired) electrons. The van der Waals surface area contributed by atoms with Gasteiger partial charge in [0.15, 0.2) is 0 Å². The van der Waals surface area contributed by atoms with Gasteiger partial charge in [-0.05, 0) is 24.6 Å². The van der Waals surface area contributed by atoms with Crippen LogP contribution in [0.4, 0.5) is 0 Å². The van der Waals surface area contributed by atoms with Crippen molar-refractivity contribution >= 4 is 11.8 Å². The van der Waals surface area contributed by atoms with Gasteiger partial charge in [-0.15, -0.1) is 18.3 Å². The second kappa shape index (κ2) is 4.74. The van der Waals surface area contributed by atoms with Crippen LogP contribution in [0.5, 0.6) is 0 Å². The van der Waals surface area contributed by atoms with Crippen molar-refractivity contribution in [1.82, 2.24) is 0 Å². The summed E-state index contributed by atoms with van der Waals surface area (Å²) in [6.45, 7) is 5.63. The van der Waals surface area contributed by atoms with E-state index < -0.39 is 0 Å². The van der Waals surface area contributed by atoms with Gasteiger partial charge in [0.25, 0.3) is 0 Å². The van der Waals surface area contributed by atoms with Crippen molar-refractivity contribution in [2.24, 2.45) is 0 Å². The van der Waals surface area contributed by atoms with Gasteiger partial charge in [-0.3, -0.25) is 0 Å². The largest absolute Gasteiger partial charge is 0.192 e. The Balaban J connectivity index is 2.94. The summed E-state index contributed by atoms with van der Waals surface area (Å²) in [5.74, 6) is 0.845. The van der Waals surface area contributed by atoms with Crippen molar-refractivity contribution in [2.75, 3.05) is 5.75 Å². The van der Waals surface area contributed by atoms with E-state index >= 15 is 0 Å². The van der Waals surface area contributed by atoms with Crippen LogP contribution in [0.1, 0.15) is 11.1 Å². The molecule has 2 heteroatoms. The predicted molar refractivity (Wildman–Crippen MR) is 56.8 cm³/mol. The molecule has 66 valence electrons. The summed E-state index contributed by atoms with van der Waals surface area (Å²) in [7, 11) is 0. The van der Waals surface area contributed by atoms with E-state index in [1.807, 2.05) is 31.2 Å². The number of nitriles is 1. The van der Waals surface area contributed by atoms with E-state index in [2.05, 4.69) is 12.6 Å². The van der Waals surface area contributed by atoms with Gasteiger partial charge in [-0.25, -0.2) is 0 Å². The molecule has 0 N–H and O–H groups in total. The quantitative estimate of drug-likeness (QED) is 0.538. The third-order valence-electron chi connectivity index (χ3n) is 1.61. The first-order valence-electron chi connectivity index (χ1n) is 4.02. The lowest BCUT2D eigenvalue weighted by Gasteiger charge is -2.01. The Labute approximate surface area is 83.1 Å². The van der Waals surface area contributed by atoms with Crippen molar-refractivity contribution < 1.29 is 0 Å². The van der Waals surface area contributed by atoms with Crippen LogP contribution in [0.15, 0.2) is 35.7 Å². The van der Waals surface area contributed by atoms with E-state index in [9.17, 15) is 0 Å². The molecule has 0 spiro atoms. The van der Waals surface area contributed by atoms with Crippen molar-refractivity contribution in [3.05, 3.63) is 42.0 Å². The number of nitrogens with zero attached hydrogens (tertiary/aromatic N) is 1. The van der Waals surface area contributed by atoms with Crippen molar-refractivity contribution in [1.29, 1.82) is 5.26 Å². The molecule has 0 heterocycles. The minimum Gasteiger partial charge on any atom is -0.192 e. The van der Waals surface area contributed by atoms with E-state index in [0.29, 0.717) is 0 Å². The molecule has 0 aliphatic carbocycles. The molecular weight excluding hydrogens is 178 g/mol. The van der Waals surface area contributed by atoms with Gasteiger partial charge >= 0.3 is 0 Å². The maximum atomic E-state index is 8.85. The Kier molecular flexibility index (Phi) is 3.60. The highest BCUT2D eigenvalue weighted by Gasteiger charge is 2.00. The topological polar surface area (TPSA) is 23.8 Å². The molecule has 1 nitrogen and oxygen atoms in total. The third kappa shape index (κ3) is 2.64.